The minimum absolute atomic E-state index is 0.0241. The molecule has 0 bridgehead atoms. The summed E-state index contributed by atoms with van der Waals surface area (Å²) >= 11 is 0. The van der Waals surface area contributed by atoms with Gasteiger partial charge >= 0.3 is 0 Å². The van der Waals surface area contributed by atoms with E-state index in [1.807, 2.05) is 41.3 Å². The zero-order chi connectivity index (χ0) is 19.8. The molecule has 1 spiro atoms. The molecule has 0 unspecified atom stereocenters. The van der Waals surface area contributed by atoms with Crippen LogP contribution in [0, 0.1) is 0 Å². The highest BCUT2D eigenvalue weighted by atomic mass is 16.4. The average molecular weight is 387 g/mol. The fourth-order valence-electron chi connectivity index (χ4n) is 4.62. The number of nitrogens with two attached hydrogens (primary N) is 1. The van der Waals surface area contributed by atoms with Gasteiger partial charge in [0.1, 0.15) is 5.76 Å². The predicted molar refractivity (Wildman–Crippen MR) is 114 cm³/mol. The van der Waals surface area contributed by atoms with Gasteiger partial charge < -0.3 is 20.4 Å². The van der Waals surface area contributed by atoms with E-state index < -0.39 is 0 Å². The highest BCUT2D eigenvalue weighted by Crippen LogP contribution is 2.44. The minimum atomic E-state index is -0.0241. The summed E-state index contributed by atoms with van der Waals surface area (Å²) in [5.41, 5.74) is 10.6. The first-order valence-electron chi connectivity index (χ1n) is 10.2. The SMILES string of the molecule is NCc1ccc2c(c1)C1(CCN(C(=O)c3ccc(-c4ccccc4)o3)CC1)CN2. The Balaban J connectivity index is 1.31. The second-order valence-corrected chi connectivity index (χ2v) is 8.04. The van der Waals surface area contributed by atoms with Gasteiger partial charge in [0.2, 0.25) is 0 Å². The first-order valence-corrected chi connectivity index (χ1v) is 10.2. The van der Waals surface area contributed by atoms with E-state index in [0.717, 1.165) is 49.4 Å². The molecule has 5 rings (SSSR count). The molecule has 1 aromatic heterocycles. The van der Waals surface area contributed by atoms with Crippen LogP contribution in [0.4, 0.5) is 5.69 Å². The second-order valence-electron chi connectivity index (χ2n) is 8.04. The summed E-state index contributed by atoms with van der Waals surface area (Å²) in [6.45, 7) is 2.94. The number of hydrogen-bond donors (Lipinski definition) is 2. The monoisotopic (exact) mass is 387 g/mol. The van der Waals surface area contributed by atoms with Gasteiger partial charge in [0.05, 0.1) is 0 Å². The van der Waals surface area contributed by atoms with Crippen molar-refractivity contribution >= 4 is 11.6 Å². The van der Waals surface area contributed by atoms with E-state index in [-0.39, 0.29) is 11.3 Å². The van der Waals surface area contributed by atoms with E-state index in [1.165, 1.54) is 11.3 Å². The van der Waals surface area contributed by atoms with Crippen LogP contribution in [0.1, 0.15) is 34.5 Å². The molecule has 3 aromatic rings. The number of amides is 1. The fraction of sp³-hybridized carbons (Fsp3) is 0.292. The van der Waals surface area contributed by atoms with Gasteiger partial charge in [-0.1, -0.05) is 42.5 Å². The molecule has 0 saturated carbocycles. The van der Waals surface area contributed by atoms with E-state index in [0.29, 0.717) is 12.3 Å². The number of nitrogens with one attached hydrogen (secondary N) is 1. The third-order valence-electron chi connectivity index (χ3n) is 6.39. The number of anilines is 1. The quantitative estimate of drug-likeness (QED) is 0.712. The molecule has 0 atom stereocenters. The van der Waals surface area contributed by atoms with Crippen molar-refractivity contribution in [2.75, 3.05) is 25.0 Å². The maximum absolute atomic E-state index is 13.0. The highest BCUT2D eigenvalue weighted by molar-refractivity contribution is 5.92. The highest BCUT2D eigenvalue weighted by Gasteiger charge is 2.42. The van der Waals surface area contributed by atoms with Crippen LogP contribution in [0.2, 0.25) is 0 Å². The summed E-state index contributed by atoms with van der Waals surface area (Å²) in [6, 6.07) is 20.0. The molecule has 3 heterocycles. The first-order chi connectivity index (χ1) is 14.2. The Kier molecular flexibility index (Phi) is 4.40. The normalized spacial score (nSPS) is 17.2. The number of furan rings is 1. The molecular formula is C24H25N3O2. The van der Waals surface area contributed by atoms with Crippen LogP contribution in [-0.2, 0) is 12.0 Å². The predicted octanol–water partition coefficient (Wildman–Crippen LogP) is 4.00. The number of carbonyl (C=O) groups excluding carboxylic acids is 1. The molecule has 0 radical (unpaired) electrons. The molecule has 1 amide bonds. The molecule has 2 aliphatic heterocycles. The molecule has 3 N–H and O–H groups in total. The van der Waals surface area contributed by atoms with Crippen molar-refractivity contribution in [1.82, 2.24) is 4.90 Å². The van der Waals surface area contributed by atoms with Crippen LogP contribution in [0.5, 0.6) is 0 Å². The largest absolute Gasteiger partial charge is 0.451 e. The Morgan fingerprint density at radius 3 is 2.62 bits per heavy atom. The third kappa shape index (κ3) is 3.12. The topological polar surface area (TPSA) is 71.5 Å². The summed E-state index contributed by atoms with van der Waals surface area (Å²) in [4.78, 5) is 14.9. The summed E-state index contributed by atoms with van der Waals surface area (Å²) < 4.78 is 5.87. The number of hydrogen-bond acceptors (Lipinski definition) is 4. The number of fused-ring (bicyclic) bond motifs is 2. The van der Waals surface area contributed by atoms with Crippen LogP contribution < -0.4 is 11.1 Å². The number of piperidine rings is 1. The van der Waals surface area contributed by atoms with Gasteiger partial charge in [0.25, 0.3) is 5.91 Å². The number of carbonyl (C=O) groups is 1. The Hall–Kier alpha value is -3.05. The lowest BCUT2D eigenvalue weighted by molar-refractivity contribution is 0.0645. The minimum Gasteiger partial charge on any atom is -0.451 e. The van der Waals surface area contributed by atoms with Crippen molar-refractivity contribution in [2.24, 2.45) is 5.73 Å². The lowest BCUT2D eigenvalue weighted by Crippen LogP contribution is -2.46. The zero-order valence-electron chi connectivity index (χ0n) is 16.4. The summed E-state index contributed by atoms with van der Waals surface area (Å²) in [6.07, 6.45) is 1.89. The van der Waals surface area contributed by atoms with Gasteiger partial charge in [-0.15, -0.1) is 0 Å². The maximum atomic E-state index is 13.0. The molecule has 1 saturated heterocycles. The number of nitrogens with zero attached hydrogens (tertiary/aromatic N) is 1. The molecule has 2 aliphatic rings. The van der Waals surface area contributed by atoms with Crippen molar-refractivity contribution < 1.29 is 9.21 Å². The molecule has 5 heteroatoms. The van der Waals surface area contributed by atoms with Gasteiger partial charge in [-0.05, 0) is 42.2 Å². The summed E-state index contributed by atoms with van der Waals surface area (Å²) in [5.74, 6) is 1.12. The number of rotatable bonds is 3. The molecule has 29 heavy (non-hydrogen) atoms. The molecule has 148 valence electrons. The van der Waals surface area contributed by atoms with E-state index in [4.69, 9.17) is 10.2 Å². The van der Waals surface area contributed by atoms with Crippen LogP contribution in [0.25, 0.3) is 11.3 Å². The summed E-state index contributed by atoms with van der Waals surface area (Å²) in [7, 11) is 0. The lowest BCUT2D eigenvalue weighted by atomic mass is 9.74. The van der Waals surface area contributed by atoms with Gasteiger partial charge in [0.15, 0.2) is 5.76 Å². The average Bonchev–Trinajstić information content (AvgIpc) is 3.40. The van der Waals surface area contributed by atoms with Crippen LogP contribution >= 0.6 is 0 Å². The van der Waals surface area contributed by atoms with E-state index in [9.17, 15) is 4.79 Å². The maximum Gasteiger partial charge on any atom is 0.289 e. The van der Waals surface area contributed by atoms with Crippen LogP contribution in [0.3, 0.4) is 0 Å². The van der Waals surface area contributed by atoms with Crippen molar-refractivity contribution in [1.29, 1.82) is 0 Å². The van der Waals surface area contributed by atoms with E-state index in [1.54, 1.807) is 6.07 Å². The van der Waals surface area contributed by atoms with Crippen molar-refractivity contribution in [3.05, 3.63) is 77.6 Å². The number of likely N-dealkylation sites (tertiary alicyclic amines) is 1. The second kappa shape index (κ2) is 7.08. The third-order valence-corrected chi connectivity index (χ3v) is 6.39. The smallest absolute Gasteiger partial charge is 0.289 e. The fourth-order valence-corrected chi connectivity index (χ4v) is 4.62. The molecule has 2 aromatic carbocycles. The first kappa shape index (κ1) is 18.0. The van der Waals surface area contributed by atoms with Crippen molar-refractivity contribution in [2.45, 2.75) is 24.8 Å². The standard InChI is InChI=1S/C24H25N3O2/c25-15-17-6-7-20-19(14-17)24(16-26-20)10-12-27(13-11-24)23(28)22-9-8-21(29-22)18-4-2-1-3-5-18/h1-9,14,26H,10-13,15-16,25H2. The molecule has 5 nitrogen and oxygen atoms in total. The Morgan fingerprint density at radius 2 is 1.86 bits per heavy atom. The molecule has 0 aliphatic carbocycles. The van der Waals surface area contributed by atoms with E-state index >= 15 is 0 Å². The number of benzene rings is 2. The Labute approximate surface area is 170 Å². The van der Waals surface area contributed by atoms with Crippen molar-refractivity contribution in [3.63, 3.8) is 0 Å². The van der Waals surface area contributed by atoms with Crippen LogP contribution in [-0.4, -0.2) is 30.4 Å². The lowest BCUT2D eigenvalue weighted by Gasteiger charge is -2.39. The van der Waals surface area contributed by atoms with Gasteiger partial charge in [-0.25, -0.2) is 0 Å². The Morgan fingerprint density at radius 1 is 1.07 bits per heavy atom. The molecule has 1 fully saturated rings. The van der Waals surface area contributed by atoms with Gasteiger partial charge in [-0.3, -0.25) is 4.79 Å². The molecular weight excluding hydrogens is 362 g/mol. The zero-order valence-corrected chi connectivity index (χ0v) is 16.4. The van der Waals surface area contributed by atoms with E-state index in [2.05, 4.69) is 23.5 Å². The van der Waals surface area contributed by atoms with Gasteiger partial charge in [0, 0.05) is 42.8 Å². The van der Waals surface area contributed by atoms with Crippen molar-refractivity contribution in [3.8, 4) is 11.3 Å². The Bertz CT molecular complexity index is 1030. The van der Waals surface area contributed by atoms with Gasteiger partial charge in [-0.2, -0.15) is 0 Å². The van der Waals surface area contributed by atoms with Crippen LogP contribution in [0.15, 0.2) is 65.1 Å². The summed E-state index contributed by atoms with van der Waals surface area (Å²) in [5, 5.41) is 3.55.